The van der Waals surface area contributed by atoms with Gasteiger partial charge in [0.15, 0.2) is 0 Å². The number of para-hydroxylation sites is 1. The number of anilines is 1. The minimum Gasteiger partial charge on any atom is -0.496 e. The van der Waals surface area contributed by atoms with E-state index in [1.165, 1.54) is 11.3 Å². The van der Waals surface area contributed by atoms with Crippen LogP contribution in [-0.4, -0.2) is 40.6 Å². The highest BCUT2D eigenvalue weighted by molar-refractivity contribution is 7.15. The highest BCUT2D eigenvalue weighted by Crippen LogP contribution is 2.42. The number of carbonyl (C=O) groups excluding carboxylic acids is 2. The topological polar surface area (TPSA) is 84.4 Å². The predicted octanol–water partition coefficient (Wildman–Crippen LogP) is 2.41. The maximum absolute atomic E-state index is 12.5. The van der Waals surface area contributed by atoms with Crippen molar-refractivity contribution in [1.82, 2.24) is 15.1 Å². The van der Waals surface area contributed by atoms with Crippen molar-refractivity contribution in [2.75, 3.05) is 19.0 Å². The molecule has 1 N–H and O–H groups in total. The lowest BCUT2D eigenvalue weighted by atomic mass is 10.1. The second-order valence-electron chi connectivity index (χ2n) is 6.70. The molecule has 0 radical (unpaired) electrons. The average molecular weight is 372 g/mol. The van der Waals surface area contributed by atoms with Crippen molar-refractivity contribution in [3.63, 3.8) is 0 Å². The lowest BCUT2D eigenvalue weighted by Crippen LogP contribution is -2.28. The summed E-state index contributed by atoms with van der Waals surface area (Å²) >= 11 is 1.43. The van der Waals surface area contributed by atoms with Crippen LogP contribution in [0.25, 0.3) is 0 Å². The molecule has 2 aliphatic rings. The first-order valence-electron chi connectivity index (χ1n) is 8.68. The third kappa shape index (κ3) is 3.55. The molecule has 1 aliphatic carbocycles. The van der Waals surface area contributed by atoms with Gasteiger partial charge in [0.05, 0.1) is 13.0 Å². The second-order valence-corrected chi connectivity index (χ2v) is 7.71. The third-order valence-electron chi connectivity index (χ3n) is 4.74. The zero-order valence-corrected chi connectivity index (χ0v) is 15.3. The van der Waals surface area contributed by atoms with E-state index < -0.39 is 0 Å². The van der Waals surface area contributed by atoms with Gasteiger partial charge in [-0.2, -0.15) is 0 Å². The molecule has 2 aromatic rings. The standard InChI is InChI=1S/C18H20N4O3S/c1-25-14-5-3-2-4-12(14)9-22-10-13(8-15(22)23)16(24)19-18-21-20-17(26-18)11-6-7-11/h2-5,11,13H,6-10H2,1H3,(H,19,21,24). The lowest BCUT2D eigenvalue weighted by molar-refractivity contribution is -0.128. The van der Waals surface area contributed by atoms with Gasteiger partial charge in [-0.15, -0.1) is 10.2 Å². The molecule has 1 saturated carbocycles. The molecule has 2 amide bonds. The van der Waals surface area contributed by atoms with E-state index in [0.717, 1.165) is 29.2 Å². The number of ether oxygens (including phenoxy) is 1. The number of carbonyl (C=O) groups is 2. The number of hydrogen-bond donors (Lipinski definition) is 1. The molecule has 2 fully saturated rings. The van der Waals surface area contributed by atoms with E-state index in [9.17, 15) is 9.59 Å². The van der Waals surface area contributed by atoms with Crippen molar-refractivity contribution in [3.05, 3.63) is 34.8 Å². The van der Waals surface area contributed by atoms with E-state index in [2.05, 4.69) is 15.5 Å². The molecule has 136 valence electrons. The molecule has 1 atom stereocenters. The number of nitrogens with zero attached hydrogens (tertiary/aromatic N) is 3. The van der Waals surface area contributed by atoms with Crippen LogP contribution >= 0.6 is 11.3 Å². The van der Waals surface area contributed by atoms with Crippen molar-refractivity contribution < 1.29 is 14.3 Å². The predicted molar refractivity (Wildman–Crippen MR) is 97.0 cm³/mol. The Morgan fingerprint density at radius 2 is 2.15 bits per heavy atom. The van der Waals surface area contributed by atoms with E-state index in [1.807, 2.05) is 24.3 Å². The summed E-state index contributed by atoms with van der Waals surface area (Å²) in [7, 11) is 1.61. The summed E-state index contributed by atoms with van der Waals surface area (Å²) in [5, 5.41) is 12.5. The summed E-state index contributed by atoms with van der Waals surface area (Å²) in [5.74, 6) is 0.703. The molecular formula is C18H20N4O3S. The Morgan fingerprint density at radius 1 is 1.35 bits per heavy atom. The molecule has 4 rings (SSSR count). The molecule has 1 unspecified atom stereocenters. The summed E-state index contributed by atoms with van der Waals surface area (Å²) in [6.45, 7) is 0.842. The first-order valence-corrected chi connectivity index (χ1v) is 9.49. The van der Waals surface area contributed by atoms with E-state index in [1.54, 1.807) is 12.0 Å². The molecule has 1 aliphatic heterocycles. The number of methoxy groups -OCH3 is 1. The summed E-state index contributed by atoms with van der Waals surface area (Å²) < 4.78 is 5.34. The summed E-state index contributed by atoms with van der Waals surface area (Å²) in [4.78, 5) is 26.5. The van der Waals surface area contributed by atoms with Crippen LogP contribution in [-0.2, 0) is 16.1 Å². The van der Waals surface area contributed by atoms with Gasteiger partial charge in [-0.05, 0) is 18.9 Å². The molecule has 1 aromatic heterocycles. The van der Waals surface area contributed by atoms with Crippen molar-refractivity contribution >= 4 is 28.3 Å². The highest BCUT2D eigenvalue weighted by atomic mass is 32.1. The zero-order chi connectivity index (χ0) is 18.1. The maximum Gasteiger partial charge on any atom is 0.231 e. The SMILES string of the molecule is COc1ccccc1CN1CC(C(=O)Nc2nnc(C3CC3)s2)CC1=O. The van der Waals surface area contributed by atoms with Crippen LogP contribution in [0.2, 0.25) is 0 Å². The van der Waals surface area contributed by atoms with Gasteiger partial charge in [0.2, 0.25) is 16.9 Å². The zero-order valence-electron chi connectivity index (χ0n) is 14.5. The Hall–Kier alpha value is -2.48. The van der Waals surface area contributed by atoms with Crippen LogP contribution in [0.3, 0.4) is 0 Å². The quantitative estimate of drug-likeness (QED) is 0.842. The van der Waals surface area contributed by atoms with Crippen molar-refractivity contribution in [3.8, 4) is 5.75 Å². The molecule has 1 saturated heterocycles. The molecular weight excluding hydrogens is 352 g/mol. The summed E-state index contributed by atoms with van der Waals surface area (Å²) in [6.07, 6.45) is 2.52. The van der Waals surface area contributed by atoms with Gasteiger partial charge >= 0.3 is 0 Å². The fraction of sp³-hybridized carbons (Fsp3) is 0.444. The van der Waals surface area contributed by atoms with Crippen LogP contribution in [0.5, 0.6) is 5.75 Å². The fourth-order valence-corrected chi connectivity index (χ4v) is 4.04. The number of amides is 2. The number of benzene rings is 1. The van der Waals surface area contributed by atoms with E-state index in [0.29, 0.717) is 24.1 Å². The van der Waals surface area contributed by atoms with Crippen molar-refractivity contribution in [2.45, 2.75) is 31.7 Å². The Bertz CT molecular complexity index is 833. The number of hydrogen-bond acceptors (Lipinski definition) is 6. The molecule has 7 nitrogen and oxygen atoms in total. The van der Waals surface area contributed by atoms with Gasteiger partial charge in [-0.1, -0.05) is 29.5 Å². The lowest BCUT2D eigenvalue weighted by Gasteiger charge is -2.18. The number of aromatic nitrogens is 2. The molecule has 1 aromatic carbocycles. The Morgan fingerprint density at radius 3 is 2.92 bits per heavy atom. The summed E-state index contributed by atoms with van der Waals surface area (Å²) in [5.41, 5.74) is 0.933. The first kappa shape index (κ1) is 17.0. The Labute approximate surface area is 155 Å². The normalized spacial score (nSPS) is 19.7. The van der Waals surface area contributed by atoms with Gasteiger partial charge in [0, 0.05) is 31.0 Å². The average Bonchev–Trinajstić information content (AvgIpc) is 3.29. The summed E-state index contributed by atoms with van der Waals surface area (Å²) in [6, 6.07) is 7.60. The number of nitrogens with one attached hydrogen (secondary N) is 1. The molecule has 0 spiro atoms. The Balaban J connectivity index is 1.37. The molecule has 8 heteroatoms. The van der Waals surface area contributed by atoms with Gasteiger partial charge < -0.3 is 15.0 Å². The van der Waals surface area contributed by atoms with Gasteiger partial charge in [-0.3, -0.25) is 9.59 Å². The maximum atomic E-state index is 12.5. The van der Waals surface area contributed by atoms with E-state index >= 15 is 0 Å². The van der Waals surface area contributed by atoms with Crippen LogP contribution in [0, 0.1) is 5.92 Å². The molecule has 0 bridgehead atoms. The number of likely N-dealkylation sites (tertiary alicyclic amines) is 1. The van der Waals surface area contributed by atoms with Crippen LogP contribution < -0.4 is 10.1 Å². The third-order valence-corrected chi connectivity index (χ3v) is 5.74. The molecule has 2 heterocycles. The highest BCUT2D eigenvalue weighted by Gasteiger charge is 2.35. The van der Waals surface area contributed by atoms with Gasteiger partial charge in [0.25, 0.3) is 0 Å². The monoisotopic (exact) mass is 372 g/mol. The minimum atomic E-state index is -0.370. The van der Waals surface area contributed by atoms with Gasteiger partial charge in [-0.25, -0.2) is 0 Å². The number of rotatable bonds is 6. The second kappa shape index (κ2) is 7.03. The largest absolute Gasteiger partial charge is 0.496 e. The van der Waals surface area contributed by atoms with Gasteiger partial charge in [0.1, 0.15) is 10.8 Å². The van der Waals surface area contributed by atoms with E-state index in [4.69, 9.17) is 4.74 Å². The van der Waals surface area contributed by atoms with Crippen LogP contribution in [0.1, 0.15) is 35.8 Å². The molecule has 26 heavy (non-hydrogen) atoms. The smallest absolute Gasteiger partial charge is 0.231 e. The minimum absolute atomic E-state index is 0.0213. The Kier molecular flexibility index (Phi) is 4.58. The van der Waals surface area contributed by atoms with Crippen molar-refractivity contribution in [1.29, 1.82) is 0 Å². The van der Waals surface area contributed by atoms with Crippen molar-refractivity contribution in [2.24, 2.45) is 5.92 Å². The van der Waals surface area contributed by atoms with E-state index in [-0.39, 0.29) is 24.2 Å². The first-order chi connectivity index (χ1) is 12.6. The van der Waals surface area contributed by atoms with Crippen LogP contribution in [0.4, 0.5) is 5.13 Å². The van der Waals surface area contributed by atoms with Crippen LogP contribution in [0.15, 0.2) is 24.3 Å². The fourth-order valence-electron chi connectivity index (χ4n) is 3.13.